The Morgan fingerprint density at radius 1 is 1.59 bits per heavy atom. The molecule has 0 aromatic carbocycles. The second-order valence-electron chi connectivity index (χ2n) is 4.33. The fraction of sp³-hybridized carbons (Fsp3) is 0.500. The van der Waals surface area contributed by atoms with Crippen LogP contribution in [0.25, 0.3) is 0 Å². The summed E-state index contributed by atoms with van der Waals surface area (Å²) in [6.45, 7) is 4.71. The number of hydrogen-bond donors (Lipinski definition) is 2. The fourth-order valence-electron chi connectivity index (χ4n) is 1.39. The number of carboxylic acids is 1. The second kappa shape index (κ2) is 6.12. The van der Waals surface area contributed by atoms with E-state index in [4.69, 9.17) is 5.11 Å². The molecule has 1 heterocycles. The smallest absolute Gasteiger partial charge is 0.310 e. The van der Waals surface area contributed by atoms with Crippen molar-refractivity contribution >= 4 is 21.9 Å². The summed E-state index contributed by atoms with van der Waals surface area (Å²) in [6.07, 6.45) is 4.09. The van der Waals surface area contributed by atoms with Crippen LogP contribution in [0.3, 0.4) is 0 Å². The van der Waals surface area contributed by atoms with Crippen LogP contribution in [0, 0.1) is 5.41 Å². The molecule has 1 aromatic heterocycles. The van der Waals surface area contributed by atoms with Crippen molar-refractivity contribution in [2.75, 3.05) is 6.54 Å². The predicted octanol–water partition coefficient (Wildman–Crippen LogP) is 2.43. The summed E-state index contributed by atoms with van der Waals surface area (Å²) in [5.74, 6) is -0.764. The van der Waals surface area contributed by atoms with Crippen LogP contribution in [0.15, 0.2) is 22.9 Å². The summed E-state index contributed by atoms with van der Waals surface area (Å²) in [7, 11) is 0. The molecule has 1 unspecified atom stereocenters. The van der Waals surface area contributed by atoms with Crippen LogP contribution in [-0.2, 0) is 11.3 Å². The highest BCUT2D eigenvalue weighted by Gasteiger charge is 2.30. The van der Waals surface area contributed by atoms with E-state index >= 15 is 0 Å². The van der Waals surface area contributed by atoms with Gasteiger partial charge in [0.05, 0.1) is 5.41 Å². The molecule has 0 radical (unpaired) electrons. The maximum Gasteiger partial charge on any atom is 0.310 e. The molecule has 1 aromatic rings. The molecule has 94 valence electrons. The van der Waals surface area contributed by atoms with Crippen molar-refractivity contribution in [2.45, 2.75) is 26.8 Å². The van der Waals surface area contributed by atoms with E-state index in [1.54, 1.807) is 19.3 Å². The fourth-order valence-corrected chi connectivity index (χ4v) is 1.80. The van der Waals surface area contributed by atoms with Gasteiger partial charge in [-0.25, -0.2) is 0 Å². The van der Waals surface area contributed by atoms with Gasteiger partial charge in [0.1, 0.15) is 0 Å². The zero-order chi connectivity index (χ0) is 12.9. The first-order valence-electron chi connectivity index (χ1n) is 5.51. The van der Waals surface area contributed by atoms with Gasteiger partial charge in [0, 0.05) is 30.0 Å². The van der Waals surface area contributed by atoms with Crippen molar-refractivity contribution in [3.8, 4) is 0 Å². The van der Waals surface area contributed by atoms with Crippen molar-refractivity contribution in [1.82, 2.24) is 10.3 Å². The molecule has 1 atom stereocenters. The molecule has 1 rings (SSSR count). The highest BCUT2D eigenvalue weighted by Crippen LogP contribution is 2.20. The number of pyridine rings is 1. The van der Waals surface area contributed by atoms with Crippen LogP contribution in [0.4, 0.5) is 0 Å². The SMILES string of the molecule is CCC(C)(CNCc1cncc(Br)c1)C(=O)O. The van der Waals surface area contributed by atoms with E-state index in [-0.39, 0.29) is 0 Å². The highest BCUT2D eigenvalue weighted by atomic mass is 79.9. The maximum atomic E-state index is 11.1. The highest BCUT2D eigenvalue weighted by molar-refractivity contribution is 9.10. The topological polar surface area (TPSA) is 62.2 Å². The lowest BCUT2D eigenvalue weighted by Gasteiger charge is -2.23. The van der Waals surface area contributed by atoms with Gasteiger partial charge in [0.15, 0.2) is 0 Å². The maximum absolute atomic E-state index is 11.1. The molecular weight excluding hydrogens is 284 g/mol. The molecule has 0 aliphatic rings. The molecule has 0 saturated carbocycles. The molecule has 2 N–H and O–H groups in total. The van der Waals surface area contributed by atoms with E-state index in [1.165, 1.54) is 0 Å². The van der Waals surface area contributed by atoms with Gasteiger partial charge in [0.2, 0.25) is 0 Å². The van der Waals surface area contributed by atoms with Crippen molar-refractivity contribution in [1.29, 1.82) is 0 Å². The number of aromatic nitrogens is 1. The Morgan fingerprint density at radius 2 is 2.29 bits per heavy atom. The van der Waals surface area contributed by atoms with Crippen LogP contribution in [0.5, 0.6) is 0 Å². The van der Waals surface area contributed by atoms with E-state index < -0.39 is 11.4 Å². The quantitative estimate of drug-likeness (QED) is 0.847. The van der Waals surface area contributed by atoms with Crippen LogP contribution < -0.4 is 5.32 Å². The Bertz CT molecular complexity index is 398. The molecule has 0 spiro atoms. The summed E-state index contributed by atoms with van der Waals surface area (Å²) in [6, 6.07) is 1.96. The number of halogens is 1. The number of nitrogens with zero attached hydrogens (tertiary/aromatic N) is 1. The third-order valence-electron chi connectivity index (χ3n) is 2.90. The van der Waals surface area contributed by atoms with Gasteiger partial charge in [-0.3, -0.25) is 9.78 Å². The van der Waals surface area contributed by atoms with Gasteiger partial charge in [-0.15, -0.1) is 0 Å². The average Bonchev–Trinajstić information content (AvgIpc) is 2.28. The van der Waals surface area contributed by atoms with Gasteiger partial charge < -0.3 is 10.4 Å². The molecular formula is C12H17BrN2O2. The number of nitrogens with one attached hydrogen (secondary N) is 1. The third-order valence-corrected chi connectivity index (χ3v) is 3.34. The minimum atomic E-state index is -0.764. The first kappa shape index (κ1) is 14.1. The Kier molecular flexibility index (Phi) is 5.08. The van der Waals surface area contributed by atoms with Gasteiger partial charge in [-0.2, -0.15) is 0 Å². The Balaban J connectivity index is 2.50. The molecule has 4 nitrogen and oxygen atoms in total. The molecule has 0 bridgehead atoms. The van der Waals surface area contributed by atoms with Gasteiger partial charge >= 0.3 is 5.97 Å². The zero-order valence-electron chi connectivity index (χ0n) is 10.0. The summed E-state index contributed by atoms with van der Waals surface area (Å²) < 4.78 is 0.924. The van der Waals surface area contributed by atoms with Crippen molar-refractivity contribution in [3.05, 3.63) is 28.5 Å². The number of carboxylic acid groups (broad SMARTS) is 1. The van der Waals surface area contributed by atoms with Gasteiger partial charge in [0.25, 0.3) is 0 Å². The van der Waals surface area contributed by atoms with E-state index in [2.05, 4.69) is 26.2 Å². The normalized spacial score (nSPS) is 14.3. The van der Waals surface area contributed by atoms with E-state index in [1.807, 2.05) is 13.0 Å². The predicted molar refractivity (Wildman–Crippen MR) is 69.7 cm³/mol. The Labute approximate surface area is 110 Å². The lowest BCUT2D eigenvalue weighted by Crippen LogP contribution is -2.37. The minimum absolute atomic E-state index is 0.450. The third kappa shape index (κ3) is 4.09. The molecule has 0 aliphatic heterocycles. The number of hydrogen-bond acceptors (Lipinski definition) is 3. The van der Waals surface area contributed by atoms with Gasteiger partial charge in [-0.1, -0.05) is 6.92 Å². The first-order chi connectivity index (χ1) is 7.98. The zero-order valence-corrected chi connectivity index (χ0v) is 11.6. The van der Waals surface area contributed by atoms with Gasteiger partial charge in [-0.05, 0) is 40.9 Å². The Morgan fingerprint density at radius 3 is 2.82 bits per heavy atom. The largest absolute Gasteiger partial charge is 0.481 e. The first-order valence-corrected chi connectivity index (χ1v) is 6.31. The number of carbonyl (C=O) groups is 1. The lowest BCUT2D eigenvalue weighted by atomic mass is 9.88. The van der Waals surface area contributed by atoms with E-state index in [0.29, 0.717) is 19.5 Å². The summed E-state index contributed by atoms with van der Waals surface area (Å²) in [5.41, 5.74) is 0.322. The summed E-state index contributed by atoms with van der Waals surface area (Å²) in [4.78, 5) is 15.1. The monoisotopic (exact) mass is 300 g/mol. The van der Waals surface area contributed by atoms with Crippen LogP contribution in [0.1, 0.15) is 25.8 Å². The van der Waals surface area contributed by atoms with E-state index in [9.17, 15) is 4.79 Å². The molecule has 0 amide bonds. The summed E-state index contributed by atoms with van der Waals surface area (Å²) in [5, 5.41) is 12.3. The summed E-state index contributed by atoms with van der Waals surface area (Å²) >= 11 is 3.35. The molecule has 0 aliphatic carbocycles. The van der Waals surface area contributed by atoms with Crippen molar-refractivity contribution < 1.29 is 9.90 Å². The Hall–Kier alpha value is -0.940. The molecule has 5 heteroatoms. The van der Waals surface area contributed by atoms with Crippen LogP contribution in [0.2, 0.25) is 0 Å². The average molecular weight is 301 g/mol. The van der Waals surface area contributed by atoms with Crippen LogP contribution in [-0.4, -0.2) is 22.6 Å². The van der Waals surface area contributed by atoms with Crippen LogP contribution >= 0.6 is 15.9 Å². The molecule has 0 saturated heterocycles. The number of rotatable bonds is 6. The lowest BCUT2D eigenvalue weighted by molar-refractivity contribution is -0.147. The number of aliphatic carboxylic acids is 1. The molecule has 17 heavy (non-hydrogen) atoms. The van der Waals surface area contributed by atoms with E-state index in [0.717, 1.165) is 10.0 Å². The molecule has 0 fully saturated rings. The standard InChI is InChI=1S/C12H17BrN2O2/c1-3-12(2,11(16)17)8-15-6-9-4-10(13)7-14-5-9/h4-5,7,15H,3,6,8H2,1-2H3,(H,16,17). The minimum Gasteiger partial charge on any atom is -0.481 e. The second-order valence-corrected chi connectivity index (χ2v) is 5.25. The van der Waals surface area contributed by atoms with Crippen molar-refractivity contribution in [3.63, 3.8) is 0 Å². The van der Waals surface area contributed by atoms with Crippen molar-refractivity contribution in [2.24, 2.45) is 5.41 Å².